The molecule has 0 unspecified atom stereocenters. The SMILES string of the molecule is CCc1ccc(C(=O)N2CCC(C(=O)N3CCOC[C@@H]3C#N)CC2)o1. The Morgan fingerprint density at radius 2 is 2.04 bits per heavy atom. The second-order valence-electron chi connectivity index (χ2n) is 6.44. The van der Waals surface area contributed by atoms with Gasteiger partial charge in [0.2, 0.25) is 5.91 Å². The minimum absolute atomic E-state index is 0.00761. The van der Waals surface area contributed by atoms with Gasteiger partial charge in [0.05, 0.1) is 19.3 Å². The van der Waals surface area contributed by atoms with E-state index in [2.05, 4.69) is 6.07 Å². The van der Waals surface area contributed by atoms with E-state index >= 15 is 0 Å². The molecule has 2 fully saturated rings. The van der Waals surface area contributed by atoms with E-state index in [0.29, 0.717) is 44.8 Å². The van der Waals surface area contributed by atoms with E-state index in [9.17, 15) is 14.9 Å². The van der Waals surface area contributed by atoms with Crippen LogP contribution < -0.4 is 0 Å². The van der Waals surface area contributed by atoms with Crippen LogP contribution in [0.2, 0.25) is 0 Å². The lowest BCUT2D eigenvalue weighted by Crippen LogP contribution is -2.52. The van der Waals surface area contributed by atoms with Crippen molar-refractivity contribution in [1.29, 1.82) is 5.26 Å². The molecule has 2 amide bonds. The van der Waals surface area contributed by atoms with Crippen molar-refractivity contribution in [3.8, 4) is 6.07 Å². The molecule has 3 heterocycles. The van der Waals surface area contributed by atoms with Crippen LogP contribution >= 0.6 is 0 Å². The number of piperidine rings is 1. The number of furan rings is 1. The lowest BCUT2D eigenvalue weighted by atomic mass is 9.94. The topological polar surface area (TPSA) is 86.8 Å². The van der Waals surface area contributed by atoms with Gasteiger partial charge in [-0.15, -0.1) is 0 Å². The molecular formula is C18H23N3O4. The van der Waals surface area contributed by atoms with E-state index in [-0.39, 0.29) is 24.3 Å². The predicted octanol–water partition coefficient (Wildman–Crippen LogP) is 1.45. The van der Waals surface area contributed by atoms with Gasteiger partial charge in [-0.1, -0.05) is 6.92 Å². The highest BCUT2D eigenvalue weighted by Gasteiger charge is 2.35. The Hall–Kier alpha value is -2.33. The highest BCUT2D eigenvalue weighted by atomic mass is 16.5. The van der Waals surface area contributed by atoms with Crippen LogP contribution in [0.4, 0.5) is 0 Å². The van der Waals surface area contributed by atoms with Gasteiger partial charge in [-0.05, 0) is 25.0 Å². The average Bonchev–Trinajstić information content (AvgIpc) is 3.16. The van der Waals surface area contributed by atoms with Crippen molar-refractivity contribution in [2.75, 3.05) is 32.8 Å². The van der Waals surface area contributed by atoms with E-state index in [1.54, 1.807) is 15.9 Å². The van der Waals surface area contributed by atoms with Crippen molar-refractivity contribution in [2.45, 2.75) is 32.2 Å². The summed E-state index contributed by atoms with van der Waals surface area (Å²) in [6, 6.07) is 5.17. The third-order valence-electron chi connectivity index (χ3n) is 4.91. The van der Waals surface area contributed by atoms with Crippen molar-refractivity contribution in [1.82, 2.24) is 9.80 Å². The van der Waals surface area contributed by atoms with Crippen LogP contribution in [0.25, 0.3) is 0 Å². The molecule has 0 N–H and O–H groups in total. The maximum absolute atomic E-state index is 12.7. The number of rotatable bonds is 3. The quantitative estimate of drug-likeness (QED) is 0.827. The fourth-order valence-corrected chi connectivity index (χ4v) is 3.38. The first kappa shape index (κ1) is 17.5. The van der Waals surface area contributed by atoms with Crippen molar-refractivity contribution in [3.05, 3.63) is 23.7 Å². The van der Waals surface area contributed by atoms with Gasteiger partial charge in [0.15, 0.2) is 5.76 Å². The van der Waals surface area contributed by atoms with Crippen LogP contribution in [0.5, 0.6) is 0 Å². The van der Waals surface area contributed by atoms with Gasteiger partial charge in [0, 0.05) is 32.0 Å². The monoisotopic (exact) mass is 345 g/mol. The van der Waals surface area contributed by atoms with E-state index in [0.717, 1.165) is 12.2 Å². The Morgan fingerprint density at radius 1 is 1.28 bits per heavy atom. The van der Waals surface area contributed by atoms with E-state index in [4.69, 9.17) is 9.15 Å². The second-order valence-corrected chi connectivity index (χ2v) is 6.44. The molecule has 3 rings (SSSR count). The molecule has 2 aliphatic heterocycles. The van der Waals surface area contributed by atoms with Crippen molar-refractivity contribution in [2.24, 2.45) is 5.92 Å². The predicted molar refractivity (Wildman–Crippen MR) is 88.6 cm³/mol. The summed E-state index contributed by atoms with van der Waals surface area (Å²) in [5.41, 5.74) is 0. The Balaban J connectivity index is 1.57. The number of nitrogens with zero attached hydrogens (tertiary/aromatic N) is 3. The van der Waals surface area contributed by atoms with E-state index < -0.39 is 6.04 Å². The Kier molecular flexibility index (Phi) is 5.39. The van der Waals surface area contributed by atoms with Gasteiger partial charge in [0.25, 0.3) is 5.91 Å². The summed E-state index contributed by atoms with van der Waals surface area (Å²) in [4.78, 5) is 28.6. The third kappa shape index (κ3) is 3.69. The molecule has 7 nitrogen and oxygen atoms in total. The molecule has 25 heavy (non-hydrogen) atoms. The van der Waals surface area contributed by atoms with Crippen LogP contribution in [0, 0.1) is 17.2 Å². The lowest BCUT2D eigenvalue weighted by molar-refractivity contribution is -0.143. The van der Waals surface area contributed by atoms with Crippen molar-refractivity contribution >= 4 is 11.8 Å². The zero-order valence-corrected chi connectivity index (χ0v) is 14.4. The summed E-state index contributed by atoms with van der Waals surface area (Å²) in [5, 5.41) is 9.18. The molecule has 0 aliphatic carbocycles. The zero-order valence-electron chi connectivity index (χ0n) is 14.4. The molecule has 0 radical (unpaired) electrons. The number of nitriles is 1. The van der Waals surface area contributed by atoms with Crippen molar-refractivity contribution in [3.63, 3.8) is 0 Å². The van der Waals surface area contributed by atoms with E-state index in [1.165, 1.54) is 0 Å². The van der Waals surface area contributed by atoms with Gasteiger partial charge < -0.3 is 19.0 Å². The van der Waals surface area contributed by atoms with Crippen LogP contribution in [0.3, 0.4) is 0 Å². The molecule has 2 saturated heterocycles. The second kappa shape index (κ2) is 7.70. The van der Waals surface area contributed by atoms with Gasteiger partial charge >= 0.3 is 0 Å². The maximum atomic E-state index is 12.7. The van der Waals surface area contributed by atoms with Gasteiger partial charge in [0.1, 0.15) is 11.8 Å². The van der Waals surface area contributed by atoms with Gasteiger partial charge in [-0.3, -0.25) is 9.59 Å². The fraction of sp³-hybridized carbons (Fsp3) is 0.611. The average molecular weight is 345 g/mol. The molecule has 2 aliphatic rings. The Bertz CT molecular complexity index is 670. The molecule has 0 bridgehead atoms. The molecule has 7 heteroatoms. The molecule has 0 saturated carbocycles. The number of carbonyl (C=O) groups is 2. The van der Waals surface area contributed by atoms with E-state index in [1.807, 2.05) is 13.0 Å². The molecule has 134 valence electrons. The van der Waals surface area contributed by atoms with Crippen LogP contribution in [0.15, 0.2) is 16.5 Å². The van der Waals surface area contributed by atoms with Crippen LogP contribution in [0.1, 0.15) is 36.1 Å². The first-order chi connectivity index (χ1) is 12.1. The number of morpholine rings is 1. The summed E-state index contributed by atoms with van der Waals surface area (Å²) in [6.07, 6.45) is 1.98. The summed E-state index contributed by atoms with van der Waals surface area (Å²) >= 11 is 0. The fourth-order valence-electron chi connectivity index (χ4n) is 3.38. The third-order valence-corrected chi connectivity index (χ3v) is 4.91. The number of hydrogen-bond donors (Lipinski definition) is 0. The summed E-state index contributed by atoms with van der Waals surface area (Å²) in [5.74, 6) is 0.906. The standard InChI is InChI=1S/C18H23N3O4/c1-2-15-3-4-16(25-15)18(23)20-7-5-13(6-8-20)17(22)21-9-10-24-12-14(21)11-19/h3-4,13-14H,2,5-10,12H2,1H3/t14-/m0/s1. The molecule has 1 atom stereocenters. The summed E-state index contributed by atoms with van der Waals surface area (Å²) in [7, 11) is 0. The van der Waals surface area contributed by atoms with Crippen LogP contribution in [-0.4, -0.2) is 60.5 Å². The van der Waals surface area contributed by atoms with Crippen LogP contribution in [-0.2, 0) is 16.0 Å². The molecule has 0 spiro atoms. The first-order valence-corrected chi connectivity index (χ1v) is 8.79. The van der Waals surface area contributed by atoms with Gasteiger partial charge in [-0.2, -0.15) is 5.26 Å². The van der Waals surface area contributed by atoms with Gasteiger partial charge in [-0.25, -0.2) is 0 Å². The Morgan fingerprint density at radius 3 is 2.68 bits per heavy atom. The summed E-state index contributed by atoms with van der Waals surface area (Å²) in [6.45, 7) is 4.24. The smallest absolute Gasteiger partial charge is 0.289 e. The largest absolute Gasteiger partial charge is 0.456 e. The molecule has 1 aromatic rings. The zero-order chi connectivity index (χ0) is 17.8. The normalized spacial score (nSPS) is 21.8. The molecule has 1 aromatic heterocycles. The highest BCUT2D eigenvalue weighted by molar-refractivity contribution is 5.91. The number of amides is 2. The maximum Gasteiger partial charge on any atom is 0.289 e. The number of likely N-dealkylation sites (tertiary alicyclic amines) is 1. The number of aryl methyl sites for hydroxylation is 1. The number of carbonyl (C=O) groups excluding carboxylic acids is 2. The minimum Gasteiger partial charge on any atom is -0.456 e. The molecule has 0 aromatic carbocycles. The Labute approximate surface area is 147 Å². The highest BCUT2D eigenvalue weighted by Crippen LogP contribution is 2.23. The lowest BCUT2D eigenvalue weighted by Gasteiger charge is -2.37. The number of hydrogen-bond acceptors (Lipinski definition) is 5. The summed E-state index contributed by atoms with van der Waals surface area (Å²) < 4.78 is 10.8. The number of ether oxygens (including phenoxy) is 1. The first-order valence-electron chi connectivity index (χ1n) is 8.79. The molecular weight excluding hydrogens is 322 g/mol. The minimum atomic E-state index is -0.503. The van der Waals surface area contributed by atoms with Crippen molar-refractivity contribution < 1.29 is 18.7 Å².